The lowest BCUT2D eigenvalue weighted by molar-refractivity contribution is 0.0774. The number of carbonyl (C=O) groups excluding carboxylic acids is 2. The molecule has 32 heavy (non-hydrogen) atoms. The van der Waals surface area contributed by atoms with Crippen LogP contribution in [-0.4, -0.2) is 54.5 Å². The van der Waals surface area contributed by atoms with Gasteiger partial charge >= 0.3 is 0 Å². The second-order valence-corrected chi connectivity index (χ2v) is 8.08. The Balaban J connectivity index is 1.58. The predicted molar refractivity (Wildman–Crippen MR) is 121 cm³/mol. The zero-order valence-corrected chi connectivity index (χ0v) is 18.5. The molecule has 0 bridgehead atoms. The molecule has 0 aliphatic rings. The first-order valence-electron chi connectivity index (χ1n) is 10.3. The second kappa shape index (κ2) is 8.62. The van der Waals surface area contributed by atoms with Crippen LogP contribution in [0.25, 0.3) is 17.0 Å². The standard InChI is InChI=1S/C23H25N7O2/c1-15(2)13-28(3)22(32)17-12-24-29(4)20(17)21(31)26-19-10-11-30-14-18(25-23(30)27-19)16-8-6-5-7-9-16/h5-12,14-15H,13H2,1-4H3,(H,25,26,27,31). The summed E-state index contributed by atoms with van der Waals surface area (Å²) in [7, 11) is 3.35. The number of aryl methyl sites for hydroxylation is 1. The van der Waals surface area contributed by atoms with Crippen LogP contribution in [0.15, 0.2) is 55.0 Å². The number of fused-ring (bicyclic) bond motifs is 1. The number of benzene rings is 1. The van der Waals surface area contributed by atoms with Crippen molar-refractivity contribution in [3.8, 4) is 11.3 Å². The van der Waals surface area contributed by atoms with Gasteiger partial charge in [-0.3, -0.25) is 18.7 Å². The highest BCUT2D eigenvalue weighted by Crippen LogP contribution is 2.19. The molecule has 0 radical (unpaired) electrons. The highest BCUT2D eigenvalue weighted by Gasteiger charge is 2.25. The van der Waals surface area contributed by atoms with E-state index in [1.54, 1.807) is 35.7 Å². The summed E-state index contributed by atoms with van der Waals surface area (Å²) in [5, 5.41) is 6.89. The summed E-state index contributed by atoms with van der Waals surface area (Å²) in [6.45, 7) is 4.64. The number of hydrogen-bond donors (Lipinski definition) is 1. The number of anilines is 1. The van der Waals surface area contributed by atoms with Gasteiger partial charge in [-0.05, 0) is 12.0 Å². The third-order valence-corrected chi connectivity index (χ3v) is 5.01. The van der Waals surface area contributed by atoms with Gasteiger partial charge in [0.25, 0.3) is 11.8 Å². The summed E-state index contributed by atoms with van der Waals surface area (Å²) in [6, 6.07) is 11.5. The maximum atomic E-state index is 13.0. The lowest BCUT2D eigenvalue weighted by Crippen LogP contribution is -2.32. The van der Waals surface area contributed by atoms with Crippen LogP contribution in [0.1, 0.15) is 34.7 Å². The number of nitrogens with one attached hydrogen (secondary N) is 1. The fraction of sp³-hybridized carbons (Fsp3) is 0.261. The molecule has 4 aromatic rings. The molecule has 9 heteroatoms. The van der Waals surface area contributed by atoms with E-state index in [9.17, 15) is 9.59 Å². The second-order valence-electron chi connectivity index (χ2n) is 8.08. The highest BCUT2D eigenvalue weighted by molar-refractivity contribution is 6.10. The number of carbonyl (C=O) groups is 2. The van der Waals surface area contributed by atoms with Crippen molar-refractivity contribution in [1.29, 1.82) is 0 Å². The number of aromatic nitrogens is 5. The fourth-order valence-electron chi connectivity index (χ4n) is 3.56. The average Bonchev–Trinajstić information content (AvgIpc) is 3.36. The summed E-state index contributed by atoms with van der Waals surface area (Å²) in [5.41, 5.74) is 2.20. The minimum Gasteiger partial charge on any atom is -0.341 e. The Morgan fingerprint density at radius 3 is 2.59 bits per heavy atom. The molecule has 2 amide bonds. The number of rotatable bonds is 6. The first-order valence-corrected chi connectivity index (χ1v) is 10.3. The molecule has 9 nitrogen and oxygen atoms in total. The van der Waals surface area contributed by atoms with E-state index >= 15 is 0 Å². The van der Waals surface area contributed by atoms with Crippen molar-refractivity contribution in [2.75, 3.05) is 18.9 Å². The van der Waals surface area contributed by atoms with Crippen LogP contribution in [0.2, 0.25) is 0 Å². The van der Waals surface area contributed by atoms with Gasteiger partial charge in [-0.1, -0.05) is 44.2 Å². The van der Waals surface area contributed by atoms with Gasteiger partial charge in [-0.25, -0.2) is 4.98 Å². The molecule has 1 aromatic carbocycles. The maximum Gasteiger partial charge on any atom is 0.275 e. The Morgan fingerprint density at radius 2 is 1.88 bits per heavy atom. The van der Waals surface area contributed by atoms with Crippen LogP contribution in [-0.2, 0) is 7.05 Å². The fourth-order valence-corrected chi connectivity index (χ4v) is 3.56. The highest BCUT2D eigenvalue weighted by atomic mass is 16.2. The van der Waals surface area contributed by atoms with Gasteiger partial charge in [-0.15, -0.1) is 0 Å². The van der Waals surface area contributed by atoms with E-state index in [2.05, 4.69) is 20.4 Å². The summed E-state index contributed by atoms with van der Waals surface area (Å²) < 4.78 is 3.19. The predicted octanol–water partition coefficient (Wildman–Crippen LogP) is 3.11. The monoisotopic (exact) mass is 431 g/mol. The smallest absolute Gasteiger partial charge is 0.275 e. The molecule has 0 saturated carbocycles. The number of imidazole rings is 1. The van der Waals surface area contributed by atoms with Gasteiger partial charge in [-0.2, -0.15) is 10.1 Å². The lowest BCUT2D eigenvalue weighted by Gasteiger charge is -2.19. The average molecular weight is 432 g/mol. The largest absolute Gasteiger partial charge is 0.341 e. The van der Waals surface area contributed by atoms with Crippen LogP contribution in [0.5, 0.6) is 0 Å². The first kappa shape index (κ1) is 21.2. The van der Waals surface area contributed by atoms with Gasteiger partial charge in [0, 0.05) is 38.6 Å². The normalized spacial score (nSPS) is 11.2. The van der Waals surface area contributed by atoms with Crippen molar-refractivity contribution >= 4 is 23.4 Å². The van der Waals surface area contributed by atoms with Crippen molar-refractivity contribution in [2.45, 2.75) is 13.8 Å². The van der Waals surface area contributed by atoms with Gasteiger partial charge < -0.3 is 10.2 Å². The molecule has 164 valence electrons. The van der Waals surface area contributed by atoms with Crippen molar-refractivity contribution in [1.82, 2.24) is 29.0 Å². The summed E-state index contributed by atoms with van der Waals surface area (Å²) >= 11 is 0. The van der Waals surface area contributed by atoms with E-state index in [4.69, 9.17) is 0 Å². The molecular formula is C23H25N7O2. The molecule has 0 spiro atoms. The third-order valence-electron chi connectivity index (χ3n) is 5.01. The molecule has 0 fully saturated rings. The number of nitrogens with zero attached hydrogens (tertiary/aromatic N) is 6. The van der Waals surface area contributed by atoms with E-state index in [1.807, 2.05) is 50.4 Å². The van der Waals surface area contributed by atoms with Gasteiger partial charge in [0.1, 0.15) is 11.5 Å². The minimum atomic E-state index is -0.460. The van der Waals surface area contributed by atoms with Crippen LogP contribution < -0.4 is 5.32 Å². The molecule has 0 saturated heterocycles. The quantitative estimate of drug-likeness (QED) is 0.506. The van der Waals surface area contributed by atoms with E-state index in [0.29, 0.717) is 24.1 Å². The Hall–Kier alpha value is -4.01. The van der Waals surface area contributed by atoms with Crippen LogP contribution in [0.3, 0.4) is 0 Å². The van der Waals surface area contributed by atoms with Crippen molar-refractivity contribution in [2.24, 2.45) is 13.0 Å². The first-order chi connectivity index (χ1) is 15.3. The van der Waals surface area contributed by atoms with Crippen molar-refractivity contribution < 1.29 is 9.59 Å². The Kier molecular flexibility index (Phi) is 5.72. The van der Waals surface area contributed by atoms with E-state index in [1.165, 1.54) is 10.9 Å². The zero-order valence-electron chi connectivity index (χ0n) is 18.5. The molecule has 3 aromatic heterocycles. The summed E-state index contributed by atoms with van der Waals surface area (Å²) in [6.07, 6.45) is 5.08. The molecular weight excluding hydrogens is 406 g/mol. The number of hydrogen-bond acceptors (Lipinski definition) is 5. The van der Waals surface area contributed by atoms with E-state index in [0.717, 1.165) is 11.3 Å². The molecule has 4 rings (SSSR count). The van der Waals surface area contributed by atoms with E-state index in [-0.39, 0.29) is 17.2 Å². The summed E-state index contributed by atoms with van der Waals surface area (Å²) in [5.74, 6) is 0.394. The van der Waals surface area contributed by atoms with Crippen molar-refractivity contribution in [3.63, 3.8) is 0 Å². The lowest BCUT2D eigenvalue weighted by atomic mass is 10.1. The molecule has 0 atom stereocenters. The topological polar surface area (TPSA) is 97.4 Å². The summed E-state index contributed by atoms with van der Waals surface area (Å²) in [4.78, 5) is 36.5. The van der Waals surface area contributed by atoms with Gasteiger partial charge in [0.15, 0.2) is 0 Å². The molecule has 0 aliphatic heterocycles. The molecule has 0 unspecified atom stereocenters. The van der Waals surface area contributed by atoms with E-state index < -0.39 is 5.91 Å². The SMILES string of the molecule is CC(C)CN(C)C(=O)c1cnn(C)c1C(=O)Nc1ccn2cc(-c3ccccc3)nc2n1. The Labute approximate surface area is 185 Å². The Morgan fingerprint density at radius 1 is 1.12 bits per heavy atom. The van der Waals surface area contributed by atoms with Crippen LogP contribution >= 0.6 is 0 Å². The van der Waals surface area contributed by atoms with Crippen molar-refractivity contribution in [3.05, 3.63) is 66.2 Å². The number of amides is 2. The van der Waals surface area contributed by atoms with Crippen LogP contribution in [0, 0.1) is 5.92 Å². The maximum absolute atomic E-state index is 13.0. The molecule has 3 heterocycles. The zero-order chi connectivity index (χ0) is 22.8. The van der Waals surface area contributed by atoms with Gasteiger partial charge in [0.2, 0.25) is 5.78 Å². The molecule has 0 aliphatic carbocycles. The minimum absolute atomic E-state index is 0.181. The third kappa shape index (κ3) is 4.22. The van der Waals surface area contributed by atoms with Crippen LogP contribution in [0.4, 0.5) is 5.82 Å². The van der Waals surface area contributed by atoms with Gasteiger partial charge in [0.05, 0.1) is 17.5 Å². The molecule has 1 N–H and O–H groups in total. The Bertz CT molecular complexity index is 1270.